The van der Waals surface area contributed by atoms with Crippen molar-refractivity contribution < 1.29 is 75.8 Å². The first kappa shape index (κ1) is 101. The van der Waals surface area contributed by atoms with Crippen LogP contribution in [0.25, 0.3) is 128 Å². The molecule has 18 aromatic rings. The average molecular weight is 1950 g/mol. The normalized spacial score (nSPS) is 10.8. The van der Waals surface area contributed by atoms with Crippen molar-refractivity contribution in [1.82, 2.24) is 0 Å². The fourth-order valence-electron chi connectivity index (χ4n) is 13.5. The first-order chi connectivity index (χ1) is 68.9. The van der Waals surface area contributed by atoms with Gasteiger partial charge in [-0.15, -0.1) is 0 Å². The van der Waals surface area contributed by atoms with Crippen LogP contribution < -0.4 is 39.9 Å². The molecule has 32 heteroatoms. The number of hydrogen-bond acceptors (Lipinski definition) is 23. The van der Waals surface area contributed by atoms with E-state index in [-0.39, 0.29) is 29.2 Å². The molecule has 0 aliphatic carbocycles. The lowest BCUT2D eigenvalue weighted by atomic mass is 9.80. The van der Waals surface area contributed by atoms with Crippen LogP contribution in [-0.4, -0.2) is 102 Å². The Balaban J connectivity index is 0.000000150. The maximum Gasteiger partial charge on any atom is 0.488 e. The molecule has 0 unspecified atom stereocenters. The number of aldehydes is 4. The van der Waals surface area contributed by atoms with Gasteiger partial charge in [0, 0.05) is 65.7 Å². The van der Waals surface area contributed by atoms with E-state index in [1.807, 2.05) is 255 Å². The van der Waals surface area contributed by atoms with Gasteiger partial charge in [0.05, 0.1) is 6.57 Å². The zero-order valence-electron chi connectivity index (χ0n) is 75.7. The Kier molecular flexibility index (Phi) is 35.8. The van der Waals surface area contributed by atoms with Crippen LogP contribution in [-0.2, 0) is 9.68 Å². The summed E-state index contributed by atoms with van der Waals surface area (Å²) < 4.78 is 33.9. The Morgan fingerprint density at radius 1 is 0.338 bits per heavy atom. The van der Waals surface area contributed by atoms with Gasteiger partial charge in [-0.3, -0.25) is 30.0 Å². The molecule has 30 nitrogen and oxygen atoms in total. The number of nitriles is 1. The van der Waals surface area contributed by atoms with Crippen LogP contribution in [0.5, 0.6) is 0 Å². The molecule has 0 atom stereocenters. The second-order valence-corrected chi connectivity index (χ2v) is 31.1. The van der Waals surface area contributed by atoms with Crippen LogP contribution in [0.4, 0.5) is 5.69 Å². The van der Waals surface area contributed by atoms with Crippen LogP contribution >= 0.6 is 15.9 Å². The van der Waals surface area contributed by atoms with E-state index in [0.29, 0.717) is 127 Å². The predicted octanol–water partition coefficient (Wildman–Crippen LogP) is 21.1. The van der Waals surface area contributed by atoms with Gasteiger partial charge in [0.25, 0.3) is 0 Å². The van der Waals surface area contributed by atoms with Gasteiger partial charge in [0.1, 0.15) is 73.3 Å². The van der Waals surface area contributed by atoms with Crippen molar-refractivity contribution in [2.75, 3.05) is 14.2 Å². The minimum absolute atomic E-state index is 0.0611. The van der Waals surface area contributed by atoms with E-state index in [2.05, 4.69) is 46.2 Å². The quantitative estimate of drug-likeness (QED) is 0.00508. The molecule has 0 saturated carbocycles. The lowest BCUT2D eigenvalue weighted by Gasteiger charge is -2.05. The van der Waals surface area contributed by atoms with E-state index < -0.39 is 7.12 Å². The molecule has 704 valence electrons. The molecule has 0 radical (unpaired) electrons. The summed E-state index contributed by atoms with van der Waals surface area (Å²) in [6, 6.07) is 113. The minimum Gasteiger partial charge on any atom is -0.453 e. The lowest BCUT2D eigenvalue weighted by molar-refractivity contribution is 0.109. The van der Waals surface area contributed by atoms with E-state index in [9.17, 15) is 19.2 Å². The fraction of sp³-hybridized carbons (Fsp3) is 0.0182. The zero-order chi connectivity index (χ0) is 101. The average Bonchev–Trinajstić information content (AvgIpc) is 1.46. The summed E-state index contributed by atoms with van der Waals surface area (Å²) >= 11 is 3.35. The maximum atomic E-state index is 10.6. The molecule has 0 saturated heterocycles. The molecule has 18 N–H and O–H groups in total. The highest BCUT2D eigenvalue weighted by molar-refractivity contribution is 9.10. The summed E-state index contributed by atoms with van der Waals surface area (Å²) in [5.41, 5.74) is 53.8. The number of carbonyl (C=O) groups excluding carboxylic acids is 4. The van der Waals surface area contributed by atoms with E-state index >= 15 is 0 Å². The molecule has 6 aromatic heterocycles. The Morgan fingerprint density at radius 3 is 0.930 bits per heavy atom. The van der Waals surface area contributed by atoms with E-state index in [1.165, 1.54) is 38.5 Å². The summed E-state index contributed by atoms with van der Waals surface area (Å²) in [7, 11) is 1.43. The Labute approximate surface area is 822 Å². The summed E-state index contributed by atoms with van der Waals surface area (Å²) in [4.78, 5) is 54.6. The molecule has 6 heterocycles. The monoisotopic (exact) mass is 1950 g/mol. The van der Waals surface area contributed by atoms with Crippen molar-refractivity contribution >= 4 is 94.4 Å². The lowest BCUT2D eigenvalue weighted by Crippen LogP contribution is -2.29. The molecule has 142 heavy (non-hydrogen) atoms. The number of carbonyl (C=O) groups is 4. The van der Waals surface area contributed by atoms with E-state index in [0.717, 1.165) is 105 Å². The van der Waals surface area contributed by atoms with Crippen molar-refractivity contribution in [2.45, 2.75) is 0 Å². The molecule has 0 spiro atoms. The van der Waals surface area contributed by atoms with Crippen LogP contribution in [0.1, 0.15) is 81.6 Å². The second-order valence-electron chi connectivity index (χ2n) is 30.2. The van der Waals surface area contributed by atoms with E-state index in [4.69, 9.17) is 109 Å². The zero-order valence-corrected chi connectivity index (χ0v) is 77.3. The van der Waals surface area contributed by atoms with Crippen LogP contribution in [0.15, 0.2) is 416 Å². The van der Waals surface area contributed by atoms with Gasteiger partial charge in [0.2, 0.25) is 17.4 Å². The Bertz CT molecular complexity index is 7510. The van der Waals surface area contributed by atoms with Gasteiger partial charge in [-0.25, -0.2) is 4.85 Å². The van der Waals surface area contributed by atoms with Crippen LogP contribution in [0.2, 0.25) is 0 Å². The van der Waals surface area contributed by atoms with Gasteiger partial charge in [-0.05, 0) is 146 Å². The molecule has 0 fully saturated rings. The third-order valence-electron chi connectivity index (χ3n) is 21.0. The maximum absolute atomic E-state index is 10.6. The fourth-order valence-corrected chi connectivity index (χ4v) is 13.7. The number of benzene rings is 12. The molecule has 0 aliphatic rings. The summed E-state index contributed by atoms with van der Waals surface area (Å²) in [5.74, 6) is 6.66. The number of amidine groups is 6. The Morgan fingerprint density at radius 2 is 0.620 bits per heavy atom. The van der Waals surface area contributed by atoms with Gasteiger partial charge in [-0.1, -0.05) is 316 Å². The topological polar surface area (TPSA) is 528 Å². The van der Waals surface area contributed by atoms with Crippen LogP contribution in [0, 0.1) is 28.7 Å². The number of halogens is 1. The highest BCUT2D eigenvalue weighted by Crippen LogP contribution is 2.34. The third-order valence-corrected chi connectivity index (χ3v) is 21.5. The number of nitrogens with one attached hydrogen (secondary N) is 2. The first-order valence-electron chi connectivity index (χ1n) is 42.7. The summed E-state index contributed by atoms with van der Waals surface area (Å²) in [6.45, 7) is 6.95. The number of furan rings is 6. The van der Waals surface area contributed by atoms with Gasteiger partial charge >= 0.3 is 7.12 Å². The molecular weight excluding hydrogens is 1860 g/mol. The third kappa shape index (κ3) is 27.8. The van der Waals surface area contributed by atoms with Crippen LogP contribution in [0.3, 0.4) is 0 Å². The first-order valence-corrected chi connectivity index (χ1v) is 43.5. The van der Waals surface area contributed by atoms with E-state index in [1.54, 1.807) is 91.0 Å². The highest BCUT2D eigenvalue weighted by Gasteiger charge is 2.17. The van der Waals surface area contributed by atoms with Crippen molar-refractivity contribution in [3.8, 4) is 130 Å². The molecule has 0 amide bonds. The largest absolute Gasteiger partial charge is 0.488 e. The Hall–Kier alpha value is -19.5. The number of nitrogens with two attached hydrogens (primary N) is 6. The molecule has 0 aliphatic heterocycles. The predicted molar refractivity (Wildman–Crippen MR) is 551 cm³/mol. The van der Waals surface area contributed by atoms with Crippen molar-refractivity contribution in [3.05, 3.63) is 442 Å². The number of nitrogen functional groups attached to an aromatic ring is 2. The molecule has 0 bridgehead atoms. The van der Waals surface area contributed by atoms with Gasteiger partial charge < -0.3 is 91.0 Å². The summed E-state index contributed by atoms with van der Waals surface area (Å²) in [5, 5.41) is 71.5. The molecule has 12 aromatic carbocycles. The van der Waals surface area contributed by atoms with Gasteiger partial charge in [0.15, 0.2) is 64.6 Å². The summed E-state index contributed by atoms with van der Waals surface area (Å²) in [6.07, 6.45) is 2.91. The molecule has 18 rings (SSSR count). The van der Waals surface area contributed by atoms with Crippen molar-refractivity contribution in [2.24, 2.45) is 55.0 Å². The van der Waals surface area contributed by atoms with Crippen molar-refractivity contribution in [1.29, 1.82) is 16.1 Å². The minimum atomic E-state index is -1.46. The number of oxime groups is 4. The van der Waals surface area contributed by atoms with Gasteiger partial charge in [-0.2, -0.15) is 5.26 Å². The smallest absolute Gasteiger partial charge is 0.453 e. The molecular formula is C110H88BBrN14O16. The SMILES string of the molecule is CO/N=C(\N)c1ccc(-c2ccc(-c3ccc(/C(N)=N/OC)o3)cc2)cc1.N/C(=N\O)c1ccc(-c2ccc(-c3ccc(/C(N)=N\O)cc3)cc2)o1.N=C(N)c1ccc(-c2ccc(-c3ccc(C(=N)N)o3)cc2)cc1.O=Cc1ccc(-c2ccc(-c3ccc(C=O)o3)cc2)cc1.O=Cc1ccc(-c2ccc(Br)cc2)o1.O=Cc1ccc(B(O)O)cc1.[C-]#[N+]c1ccc(-c2ccc(-c3ccc(C#N)o3)cc2)cc1. The van der Waals surface area contributed by atoms with Crippen molar-refractivity contribution in [3.63, 3.8) is 0 Å². The number of hydrogen-bond donors (Lipinski definition) is 12. The second kappa shape index (κ2) is 50.2. The highest BCUT2D eigenvalue weighted by atomic mass is 79.9. The number of nitrogens with zero attached hydrogens (tertiary/aromatic N) is 6. The number of rotatable bonds is 24. The standard InChI is InChI=1S/C20H20N4O3.C18H16N4O3.C18H16N4O.C18H10N2O.C18H12O3.C11H7BrO2.C7H7BO3/c1-25-23-19(21)16-9-5-14(6-10-16)13-3-7-15(8-4-13)17-11-12-18(27-17)20(22)24-26-2;19-17(21-23)14-7-3-12(4-8-14)11-1-5-13(6-2-11)15-9-10-16(25-15)18(20)22-24;19-17(20)14-7-3-12(4-8-14)11-1-5-13(6-2-11)15-9-10-16(23-15)18(21)22;1-20-16-8-6-14(7-9-16)13-2-4-15(5-3-13)18-11-10-17(12-19)21-18;19-11-13-1-3-14(4-2-13)15-5-7-16(8-6-15)18-10-9-17(12-20)21-18;12-9-3-1-8(2-4-9)11-6-5-10(7-13)14-11;9-5-6-1-3-7(4-2-6)8(10)11/h3-12H,1-2H3,(H2,21,23)(H2,22,24);1-10,23-24H,(H2,19,21)(H2,20,22);1-10H,(H3,19,20)(H3,21,22);2-11H;1-12H;1-7H;1-5,10-11H.